The van der Waals surface area contributed by atoms with E-state index >= 15 is 0 Å². The van der Waals surface area contributed by atoms with E-state index in [0.717, 1.165) is 41.1 Å². The molecule has 1 aliphatic carbocycles. The summed E-state index contributed by atoms with van der Waals surface area (Å²) in [5.74, 6) is -0.779. The van der Waals surface area contributed by atoms with Gasteiger partial charge in [-0.25, -0.2) is 8.42 Å². The van der Waals surface area contributed by atoms with Gasteiger partial charge in [0.15, 0.2) is 0 Å². The molecule has 0 saturated heterocycles. The monoisotopic (exact) mass is 601 g/mol. The zero-order chi connectivity index (χ0) is 28.9. The van der Waals surface area contributed by atoms with Crippen molar-refractivity contribution in [2.75, 3.05) is 10.8 Å². The fraction of sp³-hybridized carbons (Fsp3) is 0.333. The van der Waals surface area contributed by atoms with Crippen molar-refractivity contribution in [3.63, 3.8) is 0 Å². The minimum absolute atomic E-state index is 0.00144. The molecule has 4 rings (SSSR count). The number of sulfonamides is 1. The second kappa shape index (κ2) is 13.1. The molecule has 1 unspecified atom stereocenters. The molecule has 0 aromatic heterocycles. The molecule has 40 heavy (non-hydrogen) atoms. The molecule has 10 heteroatoms. The van der Waals surface area contributed by atoms with Crippen molar-refractivity contribution < 1.29 is 18.0 Å². The lowest BCUT2D eigenvalue weighted by Crippen LogP contribution is -2.52. The molecule has 0 aliphatic heterocycles. The Balaban J connectivity index is 1.67. The molecule has 1 saturated carbocycles. The lowest BCUT2D eigenvalue weighted by molar-refractivity contribution is -0.139. The van der Waals surface area contributed by atoms with Crippen LogP contribution < -0.4 is 9.62 Å². The average molecular weight is 603 g/mol. The fourth-order valence-electron chi connectivity index (χ4n) is 4.73. The minimum Gasteiger partial charge on any atom is -0.352 e. The third-order valence-corrected chi connectivity index (χ3v) is 9.43. The van der Waals surface area contributed by atoms with Crippen molar-refractivity contribution in [1.82, 2.24) is 10.2 Å². The molecule has 1 fully saturated rings. The van der Waals surface area contributed by atoms with Gasteiger partial charge in [-0.15, -0.1) is 0 Å². The molecule has 212 valence electrons. The van der Waals surface area contributed by atoms with Gasteiger partial charge in [0.1, 0.15) is 12.6 Å². The Kier molecular flexibility index (Phi) is 9.77. The van der Waals surface area contributed by atoms with E-state index in [1.807, 2.05) is 6.92 Å². The zero-order valence-electron chi connectivity index (χ0n) is 22.5. The van der Waals surface area contributed by atoms with Crippen LogP contribution in [0.2, 0.25) is 10.0 Å². The Hall–Kier alpha value is -3.07. The van der Waals surface area contributed by atoms with Gasteiger partial charge in [-0.2, -0.15) is 0 Å². The summed E-state index contributed by atoms with van der Waals surface area (Å²) < 4.78 is 28.7. The molecule has 1 aliphatic rings. The van der Waals surface area contributed by atoms with E-state index in [9.17, 15) is 18.0 Å². The van der Waals surface area contributed by atoms with Crippen LogP contribution in [-0.4, -0.2) is 43.8 Å². The number of halogens is 2. The Bertz CT molecular complexity index is 1420. The van der Waals surface area contributed by atoms with Gasteiger partial charge in [0.2, 0.25) is 11.8 Å². The fourth-order valence-corrected chi connectivity index (χ4v) is 6.40. The zero-order valence-corrected chi connectivity index (χ0v) is 24.8. The summed E-state index contributed by atoms with van der Waals surface area (Å²) in [5.41, 5.74) is 2.05. The lowest BCUT2D eigenvalue weighted by Gasteiger charge is -2.32. The highest BCUT2D eigenvalue weighted by Crippen LogP contribution is 2.26. The summed E-state index contributed by atoms with van der Waals surface area (Å²) >= 11 is 12.1. The maximum absolute atomic E-state index is 14.0. The molecule has 1 N–H and O–H groups in total. The van der Waals surface area contributed by atoms with Gasteiger partial charge >= 0.3 is 0 Å². The normalized spacial score (nSPS) is 14.5. The van der Waals surface area contributed by atoms with Crippen LogP contribution in [0.4, 0.5) is 5.69 Å². The van der Waals surface area contributed by atoms with E-state index in [1.165, 1.54) is 29.2 Å². The highest BCUT2D eigenvalue weighted by molar-refractivity contribution is 7.92. The first-order chi connectivity index (χ1) is 19.0. The Morgan fingerprint density at radius 2 is 1.45 bits per heavy atom. The van der Waals surface area contributed by atoms with Crippen molar-refractivity contribution in [3.05, 3.63) is 94.0 Å². The maximum Gasteiger partial charge on any atom is 0.264 e. The molecule has 0 bridgehead atoms. The lowest BCUT2D eigenvalue weighted by atomic mass is 10.1. The van der Waals surface area contributed by atoms with Crippen LogP contribution in [0.15, 0.2) is 77.7 Å². The molecule has 3 aromatic rings. The van der Waals surface area contributed by atoms with E-state index in [0.29, 0.717) is 15.7 Å². The average Bonchev–Trinajstić information content (AvgIpc) is 3.44. The number of carbonyl (C=O) groups excluding carboxylic acids is 2. The molecule has 0 heterocycles. The predicted octanol–water partition coefficient (Wildman–Crippen LogP) is 5.97. The Morgan fingerprint density at radius 3 is 2.02 bits per heavy atom. The van der Waals surface area contributed by atoms with Crippen LogP contribution in [0, 0.1) is 6.92 Å². The number of rotatable bonds is 10. The van der Waals surface area contributed by atoms with E-state index in [-0.39, 0.29) is 23.4 Å². The van der Waals surface area contributed by atoms with Gasteiger partial charge < -0.3 is 10.2 Å². The number of aryl methyl sites for hydroxylation is 1. The summed E-state index contributed by atoms with van der Waals surface area (Å²) in [6.45, 7) is 3.17. The second-order valence-corrected chi connectivity index (χ2v) is 12.9. The largest absolute Gasteiger partial charge is 0.352 e. The van der Waals surface area contributed by atoms with Crippen LogP contribution in [0.25, 0.3) is 0 Å². The van der Waals surface area contributed by atoms with Crippen molar-refractivity contribution >= 4 is 50.7 Å². The van der Waals surface area contributed by atoms with Crippen molar-refractivity contribution in [2.24, 2.45) is 0 Å². The highest BCUT2D eigenvalue weighted by Gasteiger charge is 2.33. The molecule has 0 radical (unpaired) electrons. The number of carbonyl (C=O) groups is 2. The van der Waals surface area contributed by atoms with E-state index in [1.54, 1.807) is 55.5 Å². The molecule has 2 amide bonds. The molecule has 0 spiro atoms. The number of hydrogen-bond donors (Lipinski definition) is 1. The van der Waals surface area contributed by atoms with Crippen LogP contribution >= 0.6 is 23.2 Å². The first kappa shape index (κ1) is 29.9. The first-order valence-electron chi connectivity index (χ1n) is 13.2. The minimum atomic E-state index is -4.15. The Labute approximate surface area is 246 Å². The van der Waals surface area contributed by atoms with Crippen LogP contribution in [-0.2, 0) is 26.2 Å². The van der Waals surface area contributed by atoms with Crippen molar-refractivity contribution in [2.45, 2.75) is 63.1 Å². The van der Waals surface area contributed by atoms with E-state index in [2.05, 4.69) is 5.32 Å². The number of nitrogens with one attached hydrogen (secondary N) is 1. The number of hydrogen-bond acceptors (Lipinski definition) is 4. The maximum atomic E-state index is 14.0. The molecule has 1 atom stereocenters. The quantitative estimate of drug-likeness (QED) is 0.310. The molecular formula is C30H33Cl2N3O4S. The number of anilines is 1. The smallest absolute Gasteiger partial charge is 0.264 e. The summed E-state index contributed by atoms with van der Waals surface area (Å²) in [6.07, 6.45) is 3.93. The van der Waals surface area contributed by atoms with Gasteiger partial charge in [-0.05, 0) is 80.8 Å². The van der Waals surface area contributed by atoms with Gasteiger partial charge in [-0.3, -0.25) is 13.9 Å². The standard InChI is InChI=1S/C30H33Cl2N3O4S/c1-21-7-15-27(16-8-21)35(40(38,39)28-17-13-25(32)14-18-28)20-29(36)34(19-23-9-11-24(31)12-10-23)22(2)30(37)33-26-5-3-4-6-26/h7-18,22,26H,3-6,19-20H2,1-2H3,(H,33,37). The first-order valence-corrected chi connectivity index (χ1v) is 15.4. The molecular weight excluding hydrogens is 569 g/mol. The van der Waals surface area contributed by atoms with Crippen LogP contribution in [0.5, 0.6) is 0 Å². The van der Waals surface area contributed by atoms with Gasteiger partial charge in [0.25, 0.3) is 10.0 Å². The van der Waals surface area contributed by atoms with Gasteiger partial charge in [0, 0.05) is 22.6 Å². The number of nitrogens with zero attached hydrogens (tertiary/aromatic N) is 2. The summed E-state index contributed by atoms with van der Waals surface area (Å²) in [5, 5.41) is 4.01. The summed E-state index contributed by atoms with van der Waals surface area (Å²) in [7, 11) is -4.15. The summed E-state index contributed by atoms with van der Waals surface area (Å²) in [4.78, 5) is 28.7. The highest BCUT2D eigenvalue weighted by atomic mass is 35.5. The SMILES string of the molecule is Cc1ccc(N(CC(=O)N(Cc2ccc(Cl)cc2)C(C)C(=O)NC2CCCC2)S(=O)(=O)c2ccc(Cl)cc2)cc1. The number of amides is 2. The van der Waals surface area contributed by atoms with Gasteiger partial charge in [-0.1, -0.05) is 65.9 Å². The van der Waals surface area contributed by atoms with E-state index in [4.69, 9.17) is 23.2 Å². The molecule has 3 aromatic carbocycles. The third kappa shape index (κ3) is 7.36. The van der Waals surface area contributed by atoms with Crippen LogP contribution in [0.1, 0.15) is 43.7 Å². The third-order valence-electron chi connectivity index (χ3n) is 7.14. The van der Waals surface area contributed by atoms with Gasteiger partial charge in [0.05, 0.1) is 10.6 Å². The van der Waals surface area contributed by atoms with Crippen molar-refractivity contribution in [1.29, 1.82) is 0 Å². The predicted molar refractivity (Wildman–Crippen MR) is 159 cm³/mol. The van der Waals surface area contributed by atoms with E-state index < -0.39 is 28.5 Å². The van der Waals surface area contributed by atoms with Crippen LogP contribution in [0.3, 0.4) is 0 Å². The summed E-state index contributed by atoms with van der Waals surface area (Å²) in [6, 6.07) is 18.9. The number of benzene rings is 3. The topological polar surface area (TPSA) is 86.8 Å². The second-order valence-electron chi connectivity index (χ2n) is 10.1. The molecule has 7 nitrogen and oxygen atoms in total. The van der Waals surface area contributed by atoms with Crippen molar-refractivity contribution in [3.8, 4) is 0 Å². The Morgan fingerprint density at radius 1 is 0.900 bits per heavy atom.